The van der Waals surface area contributed by atoms with Gasteiger partial charge in [0.15, 0.2) is 0 Å². The molecule has 0 spiro atoms. The highest BCUT2D eigenvalue weighted by atomic mass is 35.8. The Bertz CT molecular complexity index is 229. The molecule has 0 aliphatic rings. The number of ether oxygens (including phenoxy) is 1. The molecule has 0 aromatic carbocycles. The zero-order valence-corrected chi connectivity index (χ0v) is 12.6. The predicted molar refractivity (Wildman–Crippen MR) is 72.3 cm³/mol. The Morgan fingerprint density at radius 1 is 1.38 bits per heavy atom. The maximum Gasteiger partial charge on any atom is 0.341 e. The summed E-state index contributed by atoms with van der Waals surface area (Å²) in [6.07, 6.45) is 4.82. The molecule has 0 aliphatic carbocycles. The monoisotopic (exact) mass is 302 g/mol. The van der Waals surface area contributed by atoms with Crippen molar-refractivity contribution < 1.29 is 9.53 Å². The first kappa shape index (κ1) is 16.3. The number of carbonyl (C=O) groups is 1. The van der Waals surface area contributed by atoms with Crippen molar-refractivity contribution in [3.8, 4) is 0 Å². The van der Waals surface area contributed by atoms with Crippen molar-refractivity contribution in [3.63, 3.8) is 0 Å². The lowest BCUT2D eigenvalue weighted by molar-refractivity contribution is -0.142. The Kier molecular flexibility index (Phi) is 8.55. The van der Waals surface area contributed by atoms with Gasteiger partial charge < -0.3 is 4.74 Å². The van der Waals surface area contributed by atoms with Crippen molar-refractivity contribution in [1.82, 2.24) is 0 Å². The molecule has 0 bridgehead atoms. The van der Waals surface area contributed by atoms with Crippen LogP contribution in [0.4, 0.5) is 0 Å². The fourth-order valence-corrected chi connectivity index (χ4v) is 3.09. The minimum Gasteiger partial charge on any atom is -0.460 e. The molecule has 0 amide bonds. The summed E-state index contributed by atoms with van der Waals surface area (Å²) in [4.78, 5) is 10.9. The van der Waals surface area contributed by atoms with Crippen LogP contribution in [0.25, 0.3) is 0 Å². The molecule has 0 radical (unpaired) electrons. The van der Waals surface area contributed by atoms with Crippen LogP contribution >= 0.6 is 33.2 Å². The van der Waals surface area contributed by atoms with Crippen LogP contribution in [0.15, 0.2) is 12.7 Å². The van der Waals surface area contributed by atoms with E-state index in [0.717, 1.165) is 25.7 Å². The third-order valence-electron chi connectivity index (χ3n) is 2.05. The average molecular weight is 304 g/mol. The van der Waals surface area contributed by atoms with Gasteiger partial charge in [0.2, 0.25) is 0 Å². The largest absolute Gasteiger partial charge is 0.460 e. The topological polar surface area (TPSA) is 26.3 Å². The molecule has 0 heterocycles. The highest BCUT2D eigenvalue weighted by Gasteiger charge is 2.23. The third-order valence-corrected chi connectivity index (χ3v) is 4.68. The van der Waals surface area contributed by atoms with Gasteiger partial charge in [0.25, 0.3) is 0 Å². The van der Waals surface area contributed by atoms with Crippen LogP contribution in [0.3, 0.4) is 0 Å². The second-order valence-corrected chi connectivity index (χ2v) is 12.9. The summed E-state index contributed by atoms with van der Waals surface area (Å²) in [5.74, 6) is -0.374. The van der Waals surface area contributed by atoms with Gasteiger partial charge in [-0.25, -0.2) is 4.79 Å². The van der Waals surface area contributed by atoms with Crippen molar-refractivity contribution in [2.24, 2.45) is 0 Å². The van der Waals surface area contributed by atoms with Gasteiger partial charge in [0, 0.05) is 6.08 Å². The molecule has 16 heavy (non-hydrogen) atoms. The van der Waals surface area contributed by atoms with Gasteiger partial charge in [-0.1, -0.05) is 19.4 Å². The third kappa shape index (κ3) is 10.8. The summed E-state index contributed by atoms with van der Waals surface area (Å²) in [5, 5.41) is 0. The van der Waals surface area contributed by atoms with Crippen molar-refractivity contribution in [3.05, 3.63) is 12.7 Å². The van der Waals surface area contributed by atoms with Crippen LogP contribution < -0.4 is 0 Å². The fraction of sp³-hybridized carbons (Fsp3) is 0.700. The molecule has 0 saturated heterocycles. The summed E-state index contributed by atoms with van der Waals surface area (Å²) < 4.78 is 5.02. The Labute approximate surface area is 112 Å². The van der Waals surface area contributed by atoms with Crippen LogP contribution in [0.1, 0.15) is 32.6 Å². The highest BCUT2D eigenvalue weighted by Crippen LogP contribution is 2.27. The second-order valence-electron chi connectivity index (χ2n) is 3.67. The van der Waals surface area contributed by atoms with E-state index in [0.29, 0.717) is 6.04 Å². The van der Waals surface area contributed by atoms with Crippen molar-refractivity contribution in [2.45, 2.75) is 44.8 Å². The molecule has 0 aliphatic heterocycles. The summed E-state index contributed by atoms with van der Waals surface area (Å²) in [5.41, 5.74) is 0. The zero-order chi connectivity index (χ0) is 12.6. The first-order chi connectivity index (χ1) is 7.35. The standard InChI is InChI=1S/C10H17Cl3O2Si/c1-3-10(14)15-9(2)7-5-4-6-8-16(11,12)13/h3,9H,1,4-8H2,2H3. The maximum absolute atomic E-state index is 10.9. The average Bonchev–Trinajstić information content (AvgIpc) is 2.15. The summed E-state index contributed by atoms with van der Waals surface area (Å²) in [6, 6.07) is -1.76. The molecule has 0 aromatic heterocycles. The zero-order valence-electron chi connectivity index (χ0n) is 9.35. The lowest BCUT2D eigenvalue weighted by Crippen LogP contribution is -2.13. The molecule has 0 aromatic rings. The molecule has 2 nitrogen and oxygen atoms in total. The fourth-order valence-electron chi connectivity index (χ4n) is 1.24. The van der Waals surface area contributed by atoms with E-state index in [2.05, 4.69) is 6.58 Å². The molecule has 0 saturated carbocycles. The first-order valence-electron chi connectivity index (χ1n) is 5.25. The Balaban J connectivity index is 3.45. The number of unbranched alkanes of at least 4 members (excludes halogenated alkanes) is 2. The first-order valence-corrected chi connectivity index (χ1v) is 10.5. The highest BCUT2D eigenvalue weighted by molar-refractivity contribution is 7.64. The lowest BCUT2D eigenvalue weighted by Gasteiger charge is -2.12. The SMILES string of the molecule is C=CC(=O)OC(C)CCCCC[Si](Cl)(Cl)Cl. The molecule has 0 N–H and O–H groups in total. The Hall–Kier alpha value is 0.297. The Morgan fingerprint density at radius 3 is 2.50 bits per heavy atom. The van der Waals surface area contributed by atoms with E-state index in [9.17, 15) is 4.79 Å². The summed E-state index contributed by atoms with van der Waals surface area (Å²) in [6.45, 7) is 5.20. The van der Waals surface area contributed by atoms with E-state index in [4.69, 9.17) is 38.0 Å². The summed E-state index contributed by atoms with van der Waals surface area (Å²) >= 11 is 17.3. The van der Waals surface area contributed by atoms with Gasteiger partial charge in [-0.15, -0.1) is 33.2 Å². The van der Waals surface area contributed by atoms with E-state index in [1.807, 2.05) is 6.92 Å². The maximum atomic E-state index is 10.9. The number of carbonyl (C=O) groups excluding carboxylic acids is 1. The number of hydrogen-bond acceptors (Lipinski definition) is 2. The van der Waals surface area contributed by atoms with Crippen molar-refractivity contribution in [1.29, 1.82) is 0 Å². The molecular formula is C10H17Cl3O2Si. The van der Waals surface area contributed by atoms with Gasteiger partial charge in [0.1, 0.15) is 0 Å². The van der Waals surface area contributed by atoms with Gasteiger partial charge >= 0.3 is 12.0 Å². The minimum atomic E-state index is -2.45. The van der Waals surface area contributed by atoms with Crippen molar-refractivity contribution >= 4 is 45.2 Å². The molecule has 0 fully saturated rings. The van der Waals surface area contributed by atoms with Gasteiger partial charge in [-0.05, 0) is 25.8 Å². The summed E-state index contributed by atoms with van der Waals surface area (Å²) in [7, 11) is 0. The number of hydrogen-bond donors (Lipinski definition) is 0. The molecule has 1 unspecified atom stereocenters. The van der Waals surface area contributed by atoms with Crippen LogP contribution in [-0.2, 0) is 9.53 Å². The number of esters is 1. The second kappa shape index (κ2) is 8.40. The normalized spacial score (nSPS) is 13.2. The predicted octanol–water partition coefficient (Wildman–Crippen LogP) is 4.32. The van der Waals surface area contributed by atoms with E-state index >= 15 is 0 Å². The number of rotatable bonds is 8. The molecular weight excluding hydrogens is 287 g/mol. The van der Waals surface area contributed by atoms with Gasteiger partial charge in [-0.2, -0.15) is 0 Å². The van der Waals surface area contributed by atoms with Gasteiger partial charge in [0.05, 0.1) is 6.10 Å². The van der Waals surface area contributed by atoms with E-state index in [1.165, 1.54) is 6.08 Å². The lowest BCUT2D eigenvalue weighted by atomic mass is 10.1. The van der Waals surface area contributed by atoms with E-state index < -0.39 is 6.00 Å². The van der Waals surface area contributed by atoms with E-state index in [-0.39, 0.29) is 12.1 Å². The molecule has 0 rings (SSSR count). The van der Waals surface area contributed by atoms with Crippen LogP contribution in [0, 0.1) is 0 Å². The van der Waals surface area contributed by atoms with Crippen molar-refractivity contribution in [2.75, 3.05) is 0 Å². The molecule has 94 valence electrons. The molecule has 1 atom stereocenters. The molecule has 6 heteroatoms. The van der Waals surface area contributed by atoms with E-state index in [1.54, 1.807) is 0 Å². The van der Waals surface area contributed by atoms with Crippen LogP contribution in [0.5, 0.6) is 0 Å². The number of halogens is 3. The minimum absolute atomic E-state index is 0.0736. The van der Waals surface area contributed by atoms with Crippen LogP contribution in [-0.4, -0.2) is 18.1 Å². The van der Waals surface area contributed by atoms with Crippen LogP contribution in [0.2, 0.25) is 6.04 Å². The Morgan fingerprint density at radius 2 is 2.00 bits per heavy atom. The quantitative estimate of drug-likeness (QED) is 0.219. The van der Waals surface area contributed by atoms with Gasteiger partial charge in [-0.3, -0.25) is 0 Å². The smallest absolute Gasteiger partial charge is 0.341 e.